The summed E-state index contributed by atoms with van der Waals surface area (Å²) in [6.45, 7) is 3.14. The van der Waals surface area contributed by atoms with Crippen LogP contribution in [0, 0.1) is 0 Å². The van der Waals surface area contributed by atoms with Gasteiger partial charge >= 0.3 is 0 Å². The Morgan fingerprint density at radius 3 is 2.76 bits per heavy atom. The highest BCUT2D eigenvalue weighted by molar-refractivity contribution is 6.11. The number of hydrogen-bond acceptors (Lipinski definition) is 3. The van der Waals surface area contributed by atoms with Crippen LogP contribution >= 0.6 is 0 Å². The first-order chi connectivity index (χ1) is 10.3. The predicted molar refractivity (Wildman–Crippen MR) is 81.3 cm³/mol. The van der Waals surface area contributed by atoms with Crippen LogP contribution in [0.4, 0.5) is 0 Å². The number of aryl methyl sites for hydroxylation is 1. The van der Waals surface area contributed by atoms with Crippen LogP contribution in [0.2, 0.25) is 0 Å². The molecule has 2 aromatic carbocycles. The van der Waals surface area contributed by atoms with Gasteiger partial charge in [-0.1, -0.05) is 37.6 Å². The van der Waals surface area contributed by atoms with Crippen molar-refractivity contribution >= 4 is 5.78 Å². The zero-order valence-corrected chi connectivity index (χ0v) is 12.1. The molecule has 108 valence electrons. The molecule has 0 amide bonds. The number of ketones is 1. The molecule has 0 unspecified atom stereocenters. The maximum atomic E-state index is 12.7. The topological polar surface area (TPSA) is 35.5 Å². The summed E-state index contributed by atoms with van der Waals surface area (Å²) < 4.78 is 11.2. The van der Waals surface area contributed by atoms with Crippen LogP contribution in [-0.2, 0) is 6.42 Å². The molecule has 1 aliphatic heterocycles. The van der Waals surface area contributed by atoms with Crippen molar-refractivity contribution in [2.45, 2.75) is 19.8 Å². The van der Waals surface area contributed by atoms with Gasteiger partial charge in [-0.2, -0.15) is 0 Å². The maximum absolute atomic E-state index is 12.7. The van der Waals surface area contributed by atoms with Gasteiger partial charge in [0.15, 0.2) is 17.3 Å². The first-order valence-corrected chi connectivity index (χ1v) is 7.32. The van der Waals surface area contributed by atoms with Crippen molar-refractivity contribution in [1.29, 1.82) is 0 Å². The van der Waals surface area contributed by atoms with E-state index in [2.05, 4.69) is 13.0 Å². The van der Waals surface area contributed by atoms with E-state index in [0.29, 0.717) is 35.8 Å². The van der Waals surface area contributed by atoms with Crippen molar-refractivity contribution in [3.05, 3.63) is 59.2 Å². The molecule has 3 nitrogen and oxygen atoms in total. The fourth-order valence-corrected chi connectivity index (χ4v) is 2.56. The third-order valence-corrected chi connectivity index (χ3v) is 3.54. The van der Waals surface area contributed by atoms with E-state index in [-0.39, 0.29) is 5.78 Å². The van der Waals surface area contributed by atoms with E-state index in [1.807, 2.05) is 30.3 Å². The minimum absolute atomic E-state index is 0.0182. The van der Waals surface area contributed by atoms with E-state index in [9.17, 15) is 4.79 Å². The Labute approximate surface area is 124 Å². The van der Waals surface area contributed by atoms with Crippen molar-refractivity contribution in [3.63, 3.8) is 0 Å². The molecule has 0 bridgehead atoms. The van der Waals surface area contributed by atoms with E-state index in [1.165, 1.54) is 5.56 Å². The summed E-state index contributed by atoms with van der Waals surface area (Å²) in [7, 11) is 0. The highest BCUT2D eigenvalue weighted by Crippen LogP contribution is 2.34. The number of carbonyl (C=O) groups is 1. The highest BCUT2D eigenvalue weighted by Gasteiger charge is 2.21. The lowest BCUT2D eigenvalue weighted by molar-refractivity contribution is 0.102. The molecule has 0 fully saturated rings. The summed E-state index contributed by atoms with van der Waals surface area (Å²) in [6, 6.07) is 13.3. The second-order valence-electron chi connectivity index (χ2n) is 5.11. The molecule has 0 aliphatic carbocycles. The number of benzene rings is 2. The standard InChI is InChI=1S/C18H18O3/c1-2-5-13-6-3-7-14(12-13)17(19)15-8-4-9-16-18(15)21-11-10-20-16/h3-4,6-9,12H,2,5,10-11H2,1H3. The summed E-state index contributed by atoms with van der Waals surface area (Å²) >= 11 is 0. The van der Waals surface area contributed by atoms with Gasteiger partial charge in [-0.25, -0.2) is 0 Å². The van der Waals surface area contributed by atoms with Gasteiger partial charge < -0.3 is 9.47 Å². The lowest BCUT2D eigenvalue weighted by Gasteiger charge is -2.20. The predicted octanol–water partition coefficient (Wildman–Crippen LogP) is 3.64. The molecule has 0 atom stereocenters. The minimum Gasteiger partial charge on any atom is -0.486 e. The third-order valence-electron chi connectivity index (χ3n) is 3.54. The smallest absolute Gasteiger partial charge is 0.196 e. The van der Waals surface area contributed by atoms with Gasteiger partial charge in [-0.05, 0) is 30.2 Å². The maximum Gasteiger partial charge on any atom is 0.196 e. The average Bonchev–Trinajstić information content (AvgIpc) is 2.54. The van der Waals surface area contributed by atoms with Crippen LogP contribution in [0.5, 0.6) is 11.5 Å². The van der Waals surface area contributed by atoms with Crippen LogP contribution in [-0.4, -0.2) is 19.0 Å². The zero-order chi connectivity index (χ0) is 14.7. The molecule has 0 radical (unpaired) electrons. The third kappa shape index (κ3) is 2.77. The summed E-state index contributed by atoms with van der Waals surface area (Å²) in [5, 5.41) is 0. The molecule has 2 aromatic rings. The molecule has 0 N–H and O–H groups in total. The summed E-state index contributed by atoms with van der Waals surface area (Å²) in [6.07, 6.45) is 2.04. The quantitative estimate of drug-likeness (QED) is 0.803. The van der Waals surface area contributed by atoms with E-state index < -0.39 is 0 Å². The van der Waals surface area contributed by atoms with Crippen molar-refractivity contribution in [2.24, 2.45) is 0 Å². The Morgan fingerprint density at radius 2 is 1.90 bits per heavy atom. The Hall–Kier alpha value is -2.29. The average molecular weight is 282 g/mol. The van der Waals surface area contributed by atoms with Crippen molar-refractivity contribution in [3.8, 4) is 11.5 Å². The Morgan fingerprint density at radius 1 is 1.10 bits per heavy atom. The van der Waals surface area contributed by atoms with Crippen molar-refractivity contribution < 1.29 is 14.3 Å². The van der Waals surface area contributed by atoms with Gasteiger partial charge in [-0.15, -0.1) is 0 Å². The first kappa shape index (κ1) is 13.7. The number of hydrogen-bond donors (Lipinski definition) is 0. The summed E-state index contributed by atoms with van der Waals surface area (Å²) in [4.78, 5) is 12.7. The molecular formula is C18H18O3. The second-order valence-corrected chi connectivity index (χ2v) is 5.11. The van der Waals surface area contributed by atoms with Crippen LogP contribution < -0.4 is 9.47 Å². The van der Waals surface area contributed by atoms with Crippen LogP contribution in [0.1, 0.15) is 34.8 Å². The number of para-hydroxylation sites is 1. The molecule has 1 heterocycles. The van der Waals surface area contributed by atoms with Gasteiger partial charge in [0.05, 0.1) is 5.56 Å². The molecule has 0 saturated heterocycles. The minimum atomic E-state index is -0.0182. The number of ether oxygens (including phenoxy) is 2. The van der Waals surface area contributed by atoms with Crippen LogP contribution in [0.15, 0.2) is 42.5 Å². The molecule has 0 aromatic heterocycles. The van der Waals surface area contributed by atoms with E-state index in [0.717, 1.165) is 12.8 Å². The largest absolute Gasteiger partial charge is 0.486 e. The highest BCUT2D eigenvalue weighted by atomic mass is 16.6. The first-order valence-electron chi connectivity index (χ1n) is 7.32. The van der Waals surface area contributed by atoms with Crippen LogP contribution in [0.25, 0.3) is 0 Å². The lowest BCUT2D eigenvalue weighted by atomic mass is 9.99. The van der Waals surface area contributed by atoms with Gasteiger partial charge in [0.25, 0.3) is 0 Å². The molecule has 0 spiro atoms. The summed E-state index contributed by atoms with van der Waals surface area (Å²) in [5.41, 5.74) is 2.45. The Bertz CT molecular complexity index is 661. The van der Waals surface area contributed by atoms with Crippen LogP contribution in [0.3, 0.4) is 0 Å². The van der Waals surface area contributed by atoms with Gasteiger partial charge in [-0.3, -0.25) is 4.79 Å². The Kier molecular flexibility index (Phi) is 3.91. The van der Waals surface area contributed by atoms with Gasteiger partial charge in [0.1, 0.15) is 13.2 Å². The van der Waals surface area contributed by atoms with Gasteiger partial charge in [0.2, 0.25) is 0 Å². The van der Waals surface area contributed by atoms with E-state index in [4.69, 9.17) is 9.47 Å². The fraction of sp³-hybridized carbons (Fsp3) is 0.278. The zero-order valence-electron chi connectivity index (χ0n) is 12.1. The monoisotopic (exact) mass is 282 g/mol. The summed E-state index contributed by atoms with van der Waals surface area (Å²) in [5.74, 6) is 1.20. The Balaban J connectivity index is 1.97. The number of rotatable bonds is 4. The van der Waals surface area contributed by atoms with Crippen molar-refractivity contribution in [1.82, 2.24) is 0 Å². The molecule has 1 aliphatic rings. The van der Waals surface area contributed by atoms with E-state index >= 15 is 0 Å². The van der Waals surface area contributed by atoms with Gasteiger partial charge in [0, 0.05) is 5.56 Å². The SMILES string of the molecule is CCCc1cccc(C(=O)c2cccc3c2OCCO3)c1. The number of carbonyl (C=O) groups excluding carboxylic acids is 1. The molecule has 21 heavy (non-hydrogen) atoms. The lowest BCUT2D eigenvalue weighted by Crippen LogP contribution is -2.18. The molecule has 3 heteroatoms. The second kappa shape index (κ2) is 6.00. The fourth-order valence-electron chi connectivity index (χ4n) is 2.56. The van der Waals surface area contributed by atoms with E-state index in [1.54, 1.807) is 6.07 Å². The normalized spacial score (nSPS) is 13.0. The number of fused-ring (bicyclic) bond motifs is 1. The molecular weight excluding hydrogens is 264 g/mol. The van der Waals surface area contributed by atoms with Crippen molar-refractivity contribution in [2.75, 3.05) is 13.2 Å². The molecule has 0 saturated carbocycles. The molecule has 3 rings (SSSR count).